The summed E-state index contributed by atoms with van der Waals surface area (Å²) in [6.07, 6.45) is 3.46. The van der Waals surface area contributed by atoms with Crippen molar-refractivity contribution >= 4 is 47.2 Å². The maximum atomic E-state index is 8.49. The summed E-state index contributed by atoms with van der Waals surface area (Å²) in [5.41, 5.74) is 0.0396. The Balaban J connectivity index is 0.000000359. The van der Waals surface area contributed by atoms with Crippen molar-refractivity contribution in [3.05, 3.63) is 21.2 Å². The molecule has 0 aliphatic carbocycles. The van der Waals surface area contributed by atoms with Crippen molar-refractivity contribution in [2.75, 3.05) is 13.2 Å². The van der Waals surface area contributed by atoms with Crippen molar-refractivity contribution in [2.45, 2.75) is 25.3 Å². The van der Waals surface area contributed by atoms with Gasteiger partial charge in [-0.3, -0.25) is 0 Å². The van der Waals surface area contributed by atoms with Gasteiger partial charge in [-0.2, -0.15) is 5.26 Å². The summed E-state index contributed by atoms with van der Waals surface area (Å²) in [5.74, 6) is 0. The van der Waals surface area contributed by atoms with Crippen LogP contribution in [0.25, 0.3) is 0 Å². The lowest BCUT2D eigenvalue weighted by molar-refractivity contribution is 0.271. The van der Waals surface area contributed by atoms with Crippen LogP contribution in [0.5, 0.6) is 0 Å². The third-order valence-electron chi connectivity index (χ3n) is 2.55. The smallest absolute Gasteiger partial charge is 0.225 e. The van der Waals surface area contributed by atoms with Crippen LogP contribution in [-0.2, 0) is 0 Å². The van der Waals surface area contributed by atoms with Crippen molar-refractivity contribution in [1.82, 2.24) is 15.3 Å². The van der Waals surface area contributed by atoms with Crippen LogP contribution in [0.3, 0.4) is 0 Å². The highest BCUT2D eigenvalue weighted by Crippen LogP contribution is 2.21. The van der Waals surface area contributed by atoms with Gasteiger partial charge >= 0.3 is 0 Å². The molecule has 0 amide bonds. The SMILES string of the molecule is Cl.N#Cc1c(Cl)nc(Cl)nc1Cl.OCCC1CCCN1. The Morgan fingerprint density at radius 2 is 1.90 bits per heavy atom. The lowest BCUT2D eigenvalue weighted by Crippen LogP contribution is -2.21. The van der Waals surface area contributed by atoms with E-state index >= 15 is 0 Å². The van der Waals surface area contributed by atoms with Gasteiger partial charge in [-0.15, -0.1) is 12.4 Å². The van der Waals surface area contributed by atoms with Crippen molar-refractivity contribution < 1.29 is 5.11 Å². The first-order valence-electron chi connectivity index (χ1n) is 5.71. The lowest BCUT2D eigenvalue weighted by atomic mass is 10.2. The van der Waals surface area contributed by atoms with E-state index in [1.165, 1.54) is 12.8 Å². The third-order valence-corrected chi connectivity index (χ3v) is 3.26. The third kappa shape index (κ3) is 6.40. The molecule has 2 heterocycles. The van der Waals surface area contributed by atoms with Gasteiger partial charge in [-0.1, -0.05) is 23.2 Å². The van der Waals surface area contributed by atoms with Crippen LogP contribution in [0.15, 0.2) is 0 Å². The molecule has 1 aliphatic rings. The topological polar surface area (TPSA) is 81.8 Å². The van der Waals surface area contributed by atoms with Crippen LogP contribution in [0.4, 0.5) is 0 Å². The fraction of sp³-hybridized carbons (Fsp3) is 0.545. The summed E-state index contributed by atoms with van der Waals surface area (Å²) >= 11 is 16.4. The van der Waals surface area contributed by atoms with Crippen molar-refractivity contribution in [3.63, 3.8) is 0 Å². The predicted octanol–water partition coefficient (Wildman–Crippen LogP) is 2.85. The number of aromatic nitrogens is 2. The van der Waals surface area contributed by atoms with Crippen LogP contribution in [0.2, 0.25) is 15.6 Å². The first-order chi connectivity index (χ1) is 9.08. The molecule has 1 aromatic heterocycles. The van der Waals surface area contributed by atoms with Gasteiger partial charge in [0.25, 0.3) is 0 Å². The minimum atomic E-state index is -0.0704. The molecule has 20 heavy (non-hydrogen) atoms. The molecule has 0 aromatic carbocycles. The van der Waals surface area contributed by atoms with Crippen LogP contribution in [-0.4, -0.2) is 34.3 Å². The Bertz CT molecular complexity index is 437. The molecule has 0 bridgehead atoms. The predicted molar refractivity (Wildman–Crippen MR) is 81.8 cm³/mol. The second-order valence-corrected chi connectivity index (χ2v) is 4.92. The fourth-order valence-corrected chi connectivity index (χ4v) is 2.36. The van der Waals surface area contributed by atoms with Gasteiger partial charge in [0.05, 0.1) is 0 Å². The average Bonchev–Trinajstić information content (AvgIpc) is 2.82. The Morgan fingerprint density at radius 3 is 2.30 bits per heavy atom. The molecule has 2 rings (SSSR count). The molecule has 1 unspecified atom stereocenters. The zero-order valence-electron chi connectivity index (χ0n) is 10.4. The largest absolute Gasteiger partial charge is 0.396 e. The number of nitriles is 1. The van der Waals surface area contributed by atoms with Gasteiger partial charge in [-0.25, -0.2) is 9.97 Å². The highest BCUT2D eigenvalue weighted by Gasteiger charge is 2.11. The molecule has 1 fully saturated rings. The molecule has 1 aromatic rings. The molecular weight excluding hydrogens is 346 g/mol. The van der Waals surface area contributed by atoms with Crippen LogP contribution >= 0.6 is 47.2 Å². The van der Waals surface area contributed by atoms with Crippen LogP contribution < -0.4 is 5.32 Å². The summed E-state index contributed by atoms with van der Waals surface area (Å²) in [7, 11) is 0. The van der Waals surface area contributed by atoms with Gasteiger partial charge in [0.1, 0.15) is 11.6 Å². The molecule has 5 nitrogen and oxygen atoms in total. The highest BCUT2D eigenvalue weighted by atomic mass is 35.5. The number of halogens is 4. The Hall–Kier alpha value is -0.350. The molecule has 1 aliphatic heterocycles. The second-order valence-electron chi connectivity index (χ2n) is 3.87. The van der Waals surface area contributed by atoms with Crippen LogP contribution in [0.1, 0.15) is 24.8 Å². The highest BCUT2D eigenvalue weighted by molar-refractivity contribution is 6.36. The van der Waals surface area contributed by atoms with Crippen molar-refractivity contribution in [1.29, 1.82) is 5.26 Å². The van der Waals surface area contributed by atoms with E-state index in [0.29, 0.717) is 12.6 Å². The Labute approximate surface area is 138 Å². The van der Waals surface area contributed by atoms with Gasteiger partial charge < -0.3 is 10.4 Å². The minimum absolute atomic E-state index is 0. The Morgan fingerprint density at radius 1 is 1.30 bits per heavy atom. The fourth-order valence-electron chi connectivity index (χ4n) is 1.64. The zero-order valence-corrected chi connectivity index (χ0v) is 13.5. The number of rotatable bonds is 2. The van der Waals surface area contributed by atoms with Gasteiger partial charge in [0.15, 0.2) is 10.3 Å². The summed E-state index contributed by atoms with van der Waals surface area (Å²) < 4.78 is 0. The molecule has 0 radical (unpaired) electrons. The van der Waals surface area contributed by atoms with E-state index in [9.17, 15) is 0 Å². The molecule has 1 atom stereocenters. The van der Waals surface area contributed by atoms with E-state index in [0.717, 1.165) is 13.0 Å². The first-order valence-corrected chi connectivity index (χ1v) is 6.84. The van der Waals surface area contributed by atoms with Crippen LogP contribution in [0, 0.1) is 11.3 Å². The van der Waals surface area contributed by atoms with E-state index in [4.69, 9.17) is 45.2 Å². The summed E-state index contributed by atoms with van der Waals surface area (Å²) in [5, 5.41) is 20.1. The number of aliphatic hydroxyl groups excluding tert-OH is 1. The number of hydrogen-bond donors (Lipinski definition) is 2. The molecule has 112 valence electrons. The average molecular weight is 360 g/mol. The second kappa shape index (κ2) is 10.4. The summed E-state index contributed by atoms with van der Waals surface area (Å²) in [6, 6.07) is 2.35. The number of nitrogens with one attached hydrogen (secondary N) is 1. The standard InChI is InChI=1S/C6H13NO.C5Cl3N3.ClH/c8-5-3-6-2-1-4-7-6;6-3-2(1-9)4(7)11-5(8)10-3;/h6-8H,1-5H2;;1H. The minimum Gasteiger partial charge on any atom is -0.396 e. The number of aliphatic hydroxyl groups is 1. The maximum Gasteiger partial charge on any atom is 0.225 e. The molecule has 2 N–H and O–H groups in total. The van der Waals surface area contributed by atoms with E-state index in [1.54, 1.807) is 6.07 Å². The summed E-state index contributed by atoms with van der Waals surface area (Å²) in [4.78, 5) is 7.04. The van der Waals surface area contributed by atoms with Crippen molar-refractivity contribution in [2.24, 2.45) is 0 Å². The Kier molecular flexibility index (Phi) is 10.2. The van der Waals surface area contributed by atoms with E-state index in [2.05, 4.69) is 15.3 Å². The lowest BCUT2D eigenvalue weighted by Gasteiger charge is -2.04. The van der Waals surface area contributed by atoms with Gasteiger partial charge in [-0.05, 0) is 37.4 Å². The van der Waals surface area contributed by atoms with E-state index in [1.807, 2.05) is 0 Å². The van der Waals surface area contributed by atoms with Gasteiger partial charge in [0, 0.05) is 12.6 Å². The normalized spacial score (nSPS) is 16.6. The monoisotopic (exact) mass is 358 g/mol. The molecule has 0 saturated carbocycles. The number of hydrogen-bond acceptors (Lipinski definition) is 5. The molecule has 9 heteroatoms. The number of nitrogens with zero attached hydrogens (tertiary/aromatic N) is 3. The van der Waals surface area contributed by atoms with Gasteiger partial charge in [0.2, 0.25) is 5.28 Å². The maximum absolute atomic E-state index is 8.49. The van der Waals surface area contributed by atoms with E-state index < -0.39 is 0 Å². The quantitative estimate of drug-likeness (QED) is 0.626. The molecule has 0 spiro atoms. The first kappa shape index (κ1) is 19.7. The molecule has 1 saturated heterocycles. The molecular formula is C11H14Cl4N4O. The van der Waals surface area contributed by atoms with E-state index in [-0.39, 0.29) is 33.6 Å². The van der Waals surface area contributed by atoms with Crippen molar-refractivity contribution in [3.8, 4) is 6.07 Å². The zero-order chi connectivity index (χ0) is 14.3. The summed E-state index contributed by atoms with van der Waals surface area (Å²) in [6.45, 7) is 1.47.